The lowest BCUT2D eigenvalue weighted by atomic mass is 10.1. The Morgan fingerprint density at radius 3 is 2.38 bits per heavy atom. The van der Waals surface area contributed by atoms with E-state index in [0.29, 0.717) is 18.7 Å². The van der Waals surface area contributed by atoms with Crippen LogP contribution in [0.2, 0.25) is 0 Å². The Balaban J connectivity index is 1.66. The van der Waals surface area contributed by atoms with E-state index in [1.165, 1.54) is 22.9 Å². The van der Waals surface area contributed by atoms with Gasteiger partial charge in [-0.2, -0.15) is 0 Å². The fourth-order valence-corrected chi connectivity index (χ4v) is 2.36. The van der Waals surface area contributed by atoms with E-state index in [4.69, 9.17) is 0 Å². The third-order valence-corrected chi connectivity index (χ3v) is 3.47. The van der Waals surface area contributed by atoms with Crippen LogP contribution in [0.3, 0.4) is 0 Å². The van der Waals surface area contributed by atoms with Crippen LogP contribution < -0.4 is 5.32 Å². The van der Waals surface area contributed by atoms with Crippen LogP contribution in [0.1, 0.15) is 11.1 Å². The second kappa shape index (κ2) is 6.02. The maximum Gasteiger partial charge on any atom is 0.130 e. The van der Waals surface area contributed by atoms with Crippen molar-refractivity contribution in [2.45, 2.75) is 13.1 Å². The molecule has 21 heavy (non-hydrogen) atoms. The van der Waals surface area contributed by atoms with Crippen LogP contribution in [0.15, 0.2) is 60.7 Å². The summed E-state index contributed by atoms with van der Waals surface area (Å²) in [5.74, 6) is -1.06. The van der Waals surface area contributed by atoms with E-state index in [1.807, 2.05) is 12.1 Å². The Hall–Kier alpha value is -2.26. The third-order valence-electron chi connectivity index (χ3n) is 3.47. The molecule has 0 aromatic heterocycles. The highest BCUT2D eigenvalue weighted by Crippen LogP contribution is 2.16. The zero-order valence-electron chi connectivity index (χ0n) is 11.4. The quantitative estimate of drug-likeness (QED) is 0.748. The molecule has 0 aliphatic rings. The summed E-state index contributed by atoms with van der Waals surface area (Å²) in [7, 11) is 0. The molecule has 3 rings (SSSR count). The second-order valence-electron chi connectivity index (χ2n) is 5.02. The largest absolute Gasteiger partial charge is 0.309 e. The van der Waals surface area contributed by atoms with Crippen molar-refractivity contribution >= 4 is 10.8 Å². The Morgan fingerprint density at radius 1 is 0.762 bits per heavy atom. The topological polar surface area (TPSA) is 12.0 Å². The molecule has 0 amide bonds. The van der Waals surface area contributed by atoms with Crippen molar-refractivity contribution in [2.24, 2.45) is 0 Å². The first-order valence-corrected chi connectivity index (χ1v) is 6.85. The molecule has 0 heterocycles. The first kappa shape index (κ1) is 13.7. The van der Waals surface area contributed by atoms with E-state index in [-0.39, 0.29) is 0 Å². The van der Waals surface area contributed by atoms with Crippen molar-refractivity contribution in [1.29, 1.82) is 0 Å². The number of hydrogen-bond acceptors (Lipinski definition) is 1. The van der Waals surface area contributed by atoms with Gasteiger partial charge in [-0.15, -0.1) is 0 Å². The van der Waals surface area contributed by atoms with Crippen LogP contribution in [-0.4, -0.2) is 0 Å². The highest BCUT2D eigenvalue weighted by atomic mass is 19.1. The number of halogens is 2. The van der Waals surface area contributed by atoms with E-state index in [9.17, 15) is 8.78 Å². The smallest absolute Gasteiger partial charge is 0.130 e. The average Bonchev–Trinajstić information content (AvgIpc) is 2.49. The summed E-state index contributed by atoms with van der Waals surface area (Å²) in [6.45, 7) is 1.01. The summed E-state index contributed by atoms with van der Waals surface area (Å²) in [5.41, 5.74) is 1.61. The van der Waals surface area contributed by atoms with Gasteiger partial charge >= 0.3 is 0 Å². The van der Waals surface area contributed by atoms with Crippen LogP contribution in [0.25, 0.3) is 10.8 Å². The molecule has 0 aliphatic carbocycles. The lowest BCUT2D eigenvalue weighted by Crippen LogP contribution is -2.13. The van der Waals surface area contributed by atoms with Crippen LogP contribution in [0, 0.1) is 11.6 Å². The monoisotopic (exact) mass is 283 g/mol. The van der Waals surface area contributed by atoms with Crippen molar-refractivity contribution in [3.8, 4) is 0 Å². The van der Waals surface area contributed by atoms with E-state index < -0.39 is 11.6 Å². The minimum atomic E-state index is -0.550. The average molecular weight is 283 g/mol. The zero-order valence-corrected chi connectivity index (χ0v) is 11.4. The normalized spacial score (nSPS) is 11.0. The van der Waals surface area contributed by atoms with E-state index in [2.05, 4.69) is 35.6 Å². The Labute approximate surface area is 122 Å². The zero-order chi connectivity index (χ0) is 14.7. The van der Waals surface area contributed by atoms with Gasteiger partial charge in [-0.1, -0.05) is 42.5 Å². The third kappa shape index (κ3) is 3.26. The molecule has 106 valence electrons. The lowest BCUT2D eigenvalue weighted by Gasteiger charge is -2.07. The Morgan fingerprint density at radius 2 is 1.57 bits per heavy atom. The van der Waals surface area contributed by atoms with Gasteiger partial charge in [0.2, 0.25) is 0 Å². The number of rotatable bonds is 4. The van der Waals surface area contributed by atoms with Gasteiger partial charge < -0.3 is 5.32 Å². The molecular formula is C18H15F2N. The minimum absolute atomic E-state index is 0.374. The fourth-order valence-electron chi connectivity index (χ4n) is 2.36. The molecule has 0 unspecified atom stereocenters. The van der Waals surface area contributed by atoms with Gasteiger partial charge in [0, 0.05) is 24.7 Å². The van der Waals surface area contributed by atoms with E-state index in [0.717, 1.165) is 11.6 Å². The number of fused-ring (bicyclic) bond motifs is 1. The fraction of sp³-hybridized carbons (Fsp3) is 0.111. The molecule has 0 saturated heterocycles. The molecule has 3 heteroatoms. The lowest BCUT2D eigenvalue weighted by molar-refractivity contribution is 0.560. The first-order chi connectivity index (χ1) is 10.2. The summed E-state index contributed by atoms with van der Waals surface area (Å²) in [6, 6.07) is 18.1. The van der Waals surface area contributed by atoms with Crippen molar-refractivity contribution in [1.82, 2.24) is 5.32 Å². The van der Waals surface area contributed by atoms with E-state index >= 15 is 0 Å². The molecule has 0 saturated carbocycles. The van der Waals surface area contributed by atoms with Crippen LogP contribution in [0.5, 0.6) is 0 Å². The van der Waals surface area contributed by atoms with Gasteiger partial charge in [0.1, 0.15) is 11.6 Å². The second-order valence-corrected chi connectivity index (χ2v) is 5.02. The summed E-state index contributed by atoms with van der Waals surface area (Å²) >= 11 is 0. The van der Waals surface area contributed by atoms with Crippen LogP contribution >= 0.6 is 0 Å². The SMILES string of the molecule is Fc1ccc(CNCc2ccc3ccccc3c2)c(F)c1. The highest BCUT2D eigenvalue weighted by Gasteiger charge is 2.03. The standard InChI is InChI=1S/C18H15F2N/c19-17-8-7-16(18(20)10-17)12-21-11-13-5-6-14-3-1-2-4-15(14)9-13/h1-10,21H,11-12H2. The van der Waals surface area contributed by atoms with Crippen molar-refractivity contribution in [3.63, 3.8) is 0 Å². The molecule has 1 nitrogen and oxygen atoms in total. The van der Waals surface area contributed by atoms with Crippen molar-refractivity contribution in [2.75, 3.05) is 0 Å². The van der Waals surface area contributed by atoms with Gasteiger partial charge in [0.15, 0.2) is 0 Å². The van der Waals surface area contributed by atoms with Gasteiger partial charge in [-0.3, -0.25) is 0 Å². The number of benzene rings is 3. The first-order valence-electron chi connectivity index (χ1n) is 6.85. The number of hydrogen-bond donors (Lipinski definition) is 1. The van der Waals surface area contributed by atoms with Gasteiger partial charge in [0.25, 0.3) is 0 Å². The molecule has 0 aliphatic heterocycles. The molecule has 0 bridgehead atoms. The predicted octanol–water partition coefficient (Wildman–Crippen LogP) is 4.41. The van der Waals surface area contributed by atoms with Gasteiger partial charge in [-0.05, 0) is 28.5 Å². The molecule has 0 atom stereocenters. The Bertz CT molecular complexity index is 768. The molecular weight excluding hydrogens is 268 g/mol. The maximum atomic E-state index is 13.5. The highest BCUT2D eigenvalue weighted by molar-refractivity contribution is 5.82. The summed E-state index contributed by atoms with van der Waals surface area (Å²) in [4.78, 5) is 0. The van der Waals surface area contributed by atoms with Crippen LogP contribution in [0.4, 0.5) is 8.78 Å². The van der Waals surface area contributed by atoms with Gasteiger partial charge in [-0.25, -0.2) is 8.78 Å². The maximum absolute atomic E-state index is 13.5. The van der Waals surface area contributed by atoms with Crippen molar-refractivity contribution in [3.05, 3.63) is 83.4 Å². The molecule has 0 spiro atoms. The predicted molar refractivity (Wildman–Crippen MR) is 80.8 cm³/mol. The molecule has 1 N–H and O–H groups in total. The van der Waals surface area contributed by atoms with Crippen molar-refractivity contribution < 1.29 is 8.78 Å². The van der Waals surface area contributed by atoms with Gasteiger partial charge in [0.05, 0.1) is 0 Å². The Kier molecular flexibility index (Phi) is 3.93. The summed E-state index contributed by atoms with van der Waals surface area (Å²) < 4.78 is 26.3. The summed E-state index contributed by atoms with van der Waals surface area (Å²) in [6.07, 6.45) is 0. The number of nitrogens with one attached hydrogen (secondary N) is 1. The van der Waals surface area contributed by atoms with Crippen LogP contribution in [-0.2, 0) is 13.1 Å². The van der Waals surface area contributed by atoms with E-state index in [1.54, 1.807) is 0 Å². The molecule has 0 fully saturated rings. The minimum Gasteiger partial charge on any atom is -0.309 e. The molecule has 3 aromatic carbocycles. The summed E-state index contributed by atoms with van der Waals surface area (Å²) in [5, 5.41) is 5.57. The molecule has 0 radical (unpaired) electrons. The molecule has 3 aromatic rings.